The van der Waals surface area contributed by atoms with Gasteiger partial charge in [-0.25, -0.2) is 4.79 Å². The van der Waals surface area contributed by atoms with Gasteiger partial charge in [0.15, 0.2) is 17.8 Å². The minimum atomic E-state index is -1.36. The number of aromatic carboxylic acids is 1. The lowest BCUT2D eigenvalue weighted by Gasteiger charge is -2.12. The molecule has 0 atom stereocenters. The molecule has 0 saturated heterocycles. The summed E-state index contributed by atoms with van der Waals surface area (Å²) in [6, 6.07) is 1.13. The molecule has 0 saturated carbocycles. The second-order valence-corrected chi connectivity index (χ2v) is 2.85. The number of carbonyl (C=O) groups excluding carboxylic acids is 1. The van der Waals surface area contributed by atoms with Crippen LogP contribution in [0.4, 0.5) is 0 Å². The predicted molar refractivity (Wildman–Crippen MR) is 53.6 cm³/mol. The van der Waals surface area contributed by atoms with Gasteiger partial charge in [-0.05, 0) is 6.07 Å². The molecule has 2 N–H and O–H groups in total. The summed E-state index contributed by atoms with van der Waals surface area (Å²) in [7, 11) is 2.47. The Bertz CT molecular complexity index is 437. The van der Waals surface area contributed by atoms with Crippen LogP contribution in [0.15, 0.2) is 6.07 Å². The first-order valence-corrected chi connectivity index (χ1v) is 4.23. The molecule has 1 aromatic rings. The molecule has 0 bridgehead atoms. The Morgan fingerprint density at radius 2 is 2.00 bits per heavy atom. The minimum Gasteiger partial charge on any atom is -0.502 e. The van der Waals surface area contributed by atoms with Gasteiger partial charge in [-0.15, -0.1) is 0 Å². The van der Waals surface area contributed by atoms with Crippen molar-refractivity contribution >= 4 is 12.3 Å². The maximum Gasteiger partial charge on any atom is 0.340 e. The molecular weight excluding hydrogens is 216 g/mol. The number of ether oxygens (including phenoxy) is 2. The van der Waals surface area contributed by atoms with Gasteiger partial charge in [-0.2, -0.15) is 0 Å². The monoisotopic (exact) mass is 226 g/mol. The zero-order chi connectivity index (χ0) is 12.3. The van der Waals surface area contributed by atoms with Crippen molar-refractivity contribution in [3.8, 4) is 17.2 Å². The quantitative estimate of drug-likeness (QED) is 0.741. The van der Waals surface area contributed by atoms with Crippen molar-refractivity contribution in [3.63, 3.8) is 0 Å². The molecule has 0 aliphatic rings. The number of hydrogen-bond acceptors (Lipinski definition) is 5. The van der Waals surface area contributed by atoms with Gasteiger partial charge in [-0.1, -0.05) is 0 Å². The van der Waals surface area contributed by atoms with Crippen molar-refractivity contribution in [1.82, 2.24) is 0 Å². The van der Waals surface area contributed by atoms with Crippen LogP contribution in [0.5, 0.6) is 17.2 Å². The maximum absolute atomic E-state index is 10.9. The molecule has 0 unspecified atom stereocenters. The average molecular weight is 226 g/mol. The lowest BCUT2D eigenvalue weighted by atomic mass is 10.1. The Hall–Kier alpha value is -2.24. The summed E-state index contributed by atoms with van der Waals surface area (Å²) in [5, 5.41) is 18.5. The number of methoxy groups -OCH3 is 2. The van der Waals surface area contributed by atoms with E-state index in [0.717, 1.165) is 6.07 Å². The summed E-state index contributed by atoms with van der Waals surface area (Å²) >= 11 is 0. The first kappa shape index (κ1) is 11.8. The lowest BCUT2D eigenvalue weighted by Crippen LogP contribution is -2.06. The fourth-order valence-electron chi connectivity index (χ4n) is 1.31. The van der Waals surface area contributed by atoms with Crippen molar-refractivity contribution in [2.24, 2.45) is 0 Å². The molecule has 0 spiro atoms. The van der Waals surface area contributed by atoms with Crippen LogP contribution in [-0.4, -0.2) is 36.7 Å². The normalized spacial score (nSPS) is 9.62. The lowest BCUT2D eigenvalue weighted by molar-refractivity contribution is 0.0689. The van der Waals surface area contributed by atoms with E-state index in [4.69, 9.17) is 14.6 Å². The van der Waals surface area contributed by atoms with E-state index in [-0.39, 0.29) is 17.1 Å². The van der Waals surface area contributed by atoms with Crippen LogP contribution in [0.1, 0.15) is 20.7 Å². The van der Waals surface area contributed by atoms with E-state index in [1.54, 1.807) is 0 Å². The minimum absolute atomic E-state index is 0.0241. The zero-order valence-electron chi connectivity index (χ0n) is 8.68. The SMILES string of the molecule is COc1cc(C=O)c(C(=O)O)c(OC)c1O. The second-order valence-electron chi connectivity index (χ2n) is 2.85. The van der Waals surface area contributed by atoms with Crippen LogP contribution in [0.3, 0.4) is 0 Å². The number of rotatable bonds is 4. The number of phenolic OH excluding ortho intramolecular Hbond substituents is 1. The Morgan fingerprint density at radius 3 is 2.38 bits per heavy atom. The number of aromatic hydroxyl groups is 1. The first-order valence-electron chi connectivity index (χ1n) is 4.23. The predicted octanol–water partition coefficient (Wildman–Crippen LogP) is 0.920. The van der Waals surface area contributed by atoms with E-state index >= 15 is 0 Å². The topological polar surface area (TPSA) is 93.1 Å². The molecule has 6 heteroatoms. The van der Waals surface area contributed by atoms with Gasteiger partial charge in [0.2, 0.25) is 5.75 Å². The van der Waals surface area contributed by atoms with E-state index in [1.807, 2.05) is 0 Å². The number of benzene rings is 1. The fraction of sp³-hybridized carbons (Fsp3) is 0.200. The van der Waals surface area contributed by atoms with E-state index < -0.39 is 17.3 Å². The van der Waals surface area contributed by atoms with Gasteiger partial charge >= 0.3 is 5.97 Å². The Kier molecular flexibility index (Phi) is 3.34. The van der Waals surface area contributed by atoms with Crippen molar-refractivity contribution in [1.29, 1.82) is 0 Å². The highest BCUT2D eigenvalue weighted by Crippen LogP contribution is 2.40. The van der Waals surface area contributed by atoms with Crippen LogP contribution >= 0.6 is 0 Å². The number of aldehydes is 1. The van der Waals surface area contributed by atoms with Gasteiger partial charge in [0, 0.05) is 5.56 Å². The standard InChI is InChI=1S/C10H10O6/c1-15-6-3-5(4-11)7(10(13)14)9(16-2)8(6)12/h3-4,12H,1-2H3,(H,13,14). The molecule has 1 rings (SSSR count). The van der Waals surface area contributed by atoms with E-state index in [0.29, 0.717) is 6.29 Å². The van der Waals surface area contributed by atoms with Crippen molar-refractivity contribution in [2.75, 3.05) is 14.2 Å². The highest BCUT2D eigenvalue weighted by molar-refractivity contribution is 6.01. The molecule has 0 aliphatic carbocycles. The number of hydrogen-bond donors (Lipinski definition) is 2. The van der Waals surface area contributed by atoms with Gasteiger partial charge in [0.1, 0.15) is 5.56 Å². The van der Waals surface area contributed by atoms with E-state index in [2.05, 4.69) is 0 Å². The smallest absolute Gasteiger partial charge is 0.340 e. The van der Waals surface area contributed by atoms with Crippen LogP contribution in [0.2, 0.25) is 0 Å². The fourth-order valence-corrected chi connectivity index (χ4v) is 1.31. The summed E-state index contributed by atoms with van der Waals surface area (Å²) in [5.74, 6) is -2.14. The third-order valence-electron chi connectivity index (χ3n) is 2.02. The molecule has 0 heterocycles. The summed E-state index contributed by atoms with van der Waals surface area (Å²) in [6.07, 6.45) is 0.355. The largest absolute Gasteiger partial charge is 0.502 e. The first-order chi connectivity index (χ1) is 7.56. The van der Waals surface area contributed by atoms with Gasteiger partial charge < -0.3 is 19.7 Å². The summed E-state index contributed by atoms with van der Waals surface area (Å²) in [6.45, 7) is 0. The summed E-state index contributed by atoms with van der Waals surface area (Å²) in [4.78, 5) is 21.6. The highest BCUT2D eigenvalue weighted by atomic mass is 16.5. The molecular formula is C10H10O6. The summed E-state index contributed by atoms with van der Waals surface area (Å²) in [5.41, 5.74) is -0.519. The third-order valence-corrected chi connectivity index (χ3v) is 2.02. The number of carbonyl (C=O) groups is 2. The molecule has 6 nitrogen and oxygen atoms in total. The van der Waals surface area contributed by atoms with Crippen molar-refractivity contribution in [3.05, 3.63) is 17.2 Å². The number of phenols is 1. The maximum atomic E-state index is 10.9. The van der Waals surface area contributed by atoms with Crippen LogP contribution in [-0.2, 0) is 0 Å². The van der Waals surface area contributed by atoms with Gasteiger partial charge in [-0.3, -0.25) is 4.79 Å². The zero-order valence-corrected chi connectivity index (χ0v) is 8.68. The molecule has 86 valence electrons. The molecule has 0 fully saturated rings. The Morgan fingerprint density at radius 1 is 1.38 bits per heavy atom. The molecule has 16 heavy (non-hydrogen) atoms. The Labute approximate surface area is 91.0 Å². The van der Waals surface area contributed by atoms with Crippen LogP contribution in [0.25, 0.3) is 0 Å². The summed E-state index contributed by atoms with van der Waals surface area (Å²) < 4.78 is 9.54. The van der Waals surface area contributed by atoms with E-state index in [1.165, 1.54) is 14.2 Å². The molecule has 0 radical (unpaired) electrons. The van der Waals surface area contributed by atoms with Gasteiger partial charge in [0.25, 0.3) is 0 Å². The molecule has 0 aliphatic heterocycles. The van der Waals surface area contributed by atoms with Crippen molar-refractivity contribution in [2.45, 2.75) is 0 Å². The van der Waals surface area contributed by atoms with Crippen molar-refractivity contribution < 1.29 is 29.3 Å². The van der Waals surface area contributed by atoms with Gasteiger partial charge in [0.05, 0.1) is 14.2 Å². The second kappa shape index (κ2) is 4.52. The molecule has 0 amide bonds. The molecule has 0 aromatic heterocycles. The number of carboxylic acid groups (broad SMARTS) is 1. The van der Waals surface area contributed by atoms with Crippen LogP contribution < -0.4 is 9.47 Å². The highest BCUT2D eigenvalue weighted by Gasteiger charge is 2.23. The third kappa shape index (κ3) is 1.77. The molecule has 1 aromatic carbocycles. The average Bonchev–Trinajstić information content (AvgIpc) is 2.27. The Balaban J connectivity index is 3.63. The number of carboxylic acids is 1. The van der Waals surface area contributed by atoms with Crippen LogP contribution in [0, 0.1) is 0 Å². The van der Waals surface area contributed by atoms with E-state index in [9.17, 15) is 14.7 Å².